The SMILES string of the molecule is CC(C)Cn1ccnc1CC(C)N. The van der Waals surface area contributed by atoms with Gasteiger partial charge in [-0.25, -0.2) is 4.98 Å². The molecule has 3 nitrogen and oxygen atoms in total. The first kappa shape index (κ1) is 10.3. The molecular weight excluding hydrogens is 162 g/mol. The summed E-state index contributed by atoms with van der Waals surface area (Å²) in [5, 5.41) is 0. The molecule has 0 spiro atoms. The second-order valence-corrected chi connectivity index (χ2v) is 4.07. The van der Waals surface area contributed by atoms with Crippen LogP contribution in [0.4, 0.5) is 0 Å². The molecule has 0 radical (unpaired) electrons. The van der Waals surface area contributed by atoms with Crippen LogP contribution in [-0.4, -0.2) is 15.6 Å². The van der Waals surface area contributed by atoms with E-state index in [2.05, 4.69) is 23.4 Å². The van der Waals surface area contributed by atoms with Crippen LogP contribution in [0.3, 0.4) is 0 Å². The van der Waals surface area contributed by atoms with E-state index < -0.39 is 0 Å². The molecule has 1 aromatic heterocycles. The first-order chi connectivity index (χ1) is 6.09. The van der Waals surface area contributed by atoms with Gasteiger partial charge >= 0.3 is 0 Å². The zero-order valence-electron chi connectivity index (χ0n) is 8.70. The second kappa shape index (κ2) is 4.42. The standard InChI is InChI=1S/C10H19N3/c1-8(2)7-13-5-4-12-10(13)6-9(3)11/h4-5,8-9H,6-7,11H2,1-3H3. The predicted molar refractivity (Wildman–Crippen MR) is 54.4 cm³/mol. The third-order valence-electron chi connectivity index (χ3n) is 1.87. The molecule has 0 fully saturated rings. The van der Waals surface area contributed by atoms with Gasteiger partial charge in [0, 0.05) is 31.4 Å². The lowest BCUT2D eigenvalue weighted by atomic mass is 10.2. The van der Waals surface area contributed by atoms with Crippen LogP contribution >= 0.6 is 0 Å². The lowest BCUT2D eigenvalue weighted by Crippen LogP contribution is -2.21. The van der Waals surface area contributed by atoms with E-state index in [-0.39, 0.29) is 6.04 Å². The summed E-state index contributed by atoms with van der Waals surface area (Å²) in [5.41, 5.74) is 5.73. The fourth-order valence-corrected chi connectivity index (χ4v) is 1.38. The van der Waals surface area contributed by atoms with Crippen molar-refractivity contribution < 1.29 is 0 Å². The van der Waals surface area contributed by atoms with Crippen molar-refractivity contribution in [3.05, 3.63) is 18.2 Å². The minimum absolute atomic E-state index is 0.188. The van der Waals surface area contributed by atoms with Gasteiger partial charge in [0.1, 0.15) is 5.82 Å². The molecule has 74 valence electrons. The highest BCUT2D eigenvalue weighted by Gasteiger charge is 2.06. The summed E-state index contributed by atoms with van der Waals surface area (Å²) in [4.78, 5) is 4.29. The molecular formula is C10H19N3. The lowest BCUT2D eigenvalue weighted by Gasteiger charge is -2.11. The molecule has 0 bridgehead atoms. The molecule has 1 rings (SSSR count). The first-order valence-electron chi connectivity index (χ1n) is 4.85. The molecule has 0 saturated heterocycles. The molecule has 0 saturated carbocycles. The summed E-state index contributed by atoms with van der Waals surface area (Å²) in [5.74, 6) is 1.75. The van der Waals surface area contributed by atoms with Crippen molar-refractivity contribution in [2.45, 2.75) is 39.8 Å². The van der Waals surface area contributed by atoms with E-state index in [1.54, 1.807) is 0 Å². The van der Waals surface area contributed by atoms with Gasteiger partial charge in [0.25, 0.3) is 0 Å². The van der Waals surface area contributed by atoms with Crippen molar-refractivity contribution in [3.8, 4) is 0 Å². The number of nitrogens with zero attached hydrogens (tertiary/aromatic N) is 2. The number of aromatic nitrogens is 2. The predicted octanol–water partition coefficient (Wildman–Crippen LogP) is 1.43. The molecule has 1 atom stereocenters. The van der Waals surface area contributed by atoms with Gasteiger partial charge in [-0.2, -0.15) is 0 Å². The zero-order valence-corrected chi connectivity index (χ0v) is 8.70. The quantitative estimate of drug-likeness (QED) is 0.763. The Balaban J connectivity index is 2.65. The fraction of sp³-hybridized carbons (Fsp3) is 0.700. The summed E-state index contributed by atoms with van der Waals surface area (Å²) < 4.78 is 2.19. The van der Waals surface area contributed by atoms with Crippen molar-refractivity contribution in [3.63, 3.8) is 0 Å². The minimum atomic E-state index is 0.188. The molecule has 1 unspecified atom stereocenters. The zero-order chi connectivity index (χ0) is 9.84. The number of hydrogen-bond donors (Lipinski definition) is 1. The summed E-state index contributed by atoms with van der Waals surface area (Å²) in [7, 11) is 0. The van der Waals surface area contributed by atoms with Gasteiger partial charge in [-0.05, 0) is 12.8 Å². The van der Waals surface area contributed by atoms with Crippen LogP contribution in [0.15, 0.2) is 12.4 Å². The Morgan fingerprint density at radius 2 is 2.15 bits per heavy atom. The van der Waals surface area contributed by atoms with Gasteiger partial charge in [-0.3, -0.25) is 0 Å². The van der Waals surface area contributed by atoms with E-state index >= 15 is 0 Å². The Kier molecular flexibility index (Phi) is 3.48. The number of nitrogens with two attached hydrogens (primary N) is 1. The molecule has 0 aliphatic carbocycles. The van der Waals surface area contributed by atoms with Crippen LogP contribution in [-0.2, 0) is 13.0 Å². The van der Waals surface area contributed by atoms with E-state index in [1.807, 2.05) is 19.3 Å². The molecule has 1 heterocycles. The second-order valence-electron chi connectivity index (χ2n) is 4.07. The van der Waals surface area contributed by atoms with Gasteiger partial charge in [0.05, 0.1) is 0 Å². The van der Waals surface area contributed by atoms with Crippen LogP contribution < -0.4 is 5.73 Å². The summed E-state index contributed by atoms with van der Waals surface area (Å²) >= 11 is 0. The molecule has 0 amide bonds. The van der Waals surface area contributed by atoms with Gasteiger partial charge in [-0.15, -0.1) is 0 Å². The van der Waals surface area contributed by atoms with Crippen molar-refractivity contribution >= 4 is 0 Å². The van der Waals surface area contributed by atoms with E-state index in [9.17, 15) is 0 Å². The fourth-order valence-electron chi connectivity index (χ4n) is 1.38. The van der Waals surface area contributed by atoms with E-state index in [0.717, 1.165) is 18.8 Å². The van der Waals surface area contributed by atoms with Crippen LogP contribution in [0.2, 0.25) is 0 Å². The average molecular weight is 181 g/mol. The van der Waals surface area contributed by atoms with Gasteiger partial charge in [-0.1, -0.05) is 13.8 Å². The van der Waals surface area contributed by atoms with Gasteiger partial charge in [0.15, 0.2) is 0 Å². The largest absolute Gasteiger partial charge is 0.335 e. The highest BCUT2D eigenvalue weighted by Crippen LogP contribution is 2.05. The average Bonchev–Trinajstić information content (AvgIpc) is 2.34. The van der Waals surface area contributed by atoms with Crippen LogP contribution in [0.5, 0.6) is 0 Å². The summed E-state index contributed by atoms with van der Waals surface area (Å²) in [6.45, 7) is 7.45. The number of hydrogen-bond acceptors (Lipinski definition) is 2. The smallest absolute Gasteiger partial charge is 0.110 e. The Morgan fingerprint density at radius 3 is 2.69 bits per heavy atom. The number of rotatable bonds is 4. The maximum atomic E-state index is 5.73. The minimum Gasteiger partial charge on any atom is -0.335 e. The first-order valence-corrected chi connectivity index (χ1v) is 4.85. The highest BCUT2D eigenvalue weighted by molar-refractivity contribution is 4.94. The van der Waals surface area contributed by atoms with Crippen molar-refractivity contribution in [1.29, 1.82) is 0 Å². The third-order valence-corrected chi connectivity index (χ3v) is 1.87. The summed E-state index contributed by atoms with van der Waals surface area (Å²) in [6, 6.07) is 0.188. The van der Waals surface area contributed by atoms with Crippen molar-refractivity contribution in [2.24, 2.45) is 11.7 Å². The van der Waals surface area contributed by atoms with Crippen LogP contribution in [0, 0.1) is 5.92 Å². The maximum absolute atomic E-state index is 5.73. The third kappa shape index (κ3) is 3.19. The molecule has 3 heteroatoms. The van der Waals surface area contributed by atoms with Crippen LogP contribution in [0.1, 0.15) is 26.6 Å². The normalized spacial score (nSPS) is 13.6. The molecule has 0 aromatic carbocycles. The van der Waals surface area contributed by atoms with E-state index in [0.29, 0.717) is 5.92 Å². The van der Waals surface area contributed by atoms with Crippen molar-refractivity contribution in [2.75, 3.05) is 0 Å². The molecule has 1 aromatic rings. The molecule has 0 aliphatic heterocycles. The topological polar surface area (TPSA) is 43.8 Å². The Bertz CT molecular complexity index is 226. The molecule has 0 aliphatic rings. The Labute approximate surface area is 80.0 Å². The lowest BCUT2D eigenvalue weighted by molar-refractivity contribution is 0.500. The van der Waals surface area contributed by atoms with Crippen molar-refractivity contribution in [1.82, 2.24) is 9.55 Å². The highest BCUT2D eigenvalue weighted by atomic mass is 15.1. The van der Waals surface area contributed by atoms with Gasteiger partial charge < -0.3 is 10.3 Å². The van der Waals surface area contributed by atoms with Crippen LogP contribution in [0.25, 0.3) is 0 Å². The summed E-state index contributed by atoms with van der Waals surface area (Å²) in [6.07, 6.45) is 4.73. The van der Waals surface area contributed by atoms with Gasteiger partial charge in [0.2, 0.25) is 0 Å². The van der Waals surface area contributed by atoms with E-state index in [4.69, 9.17) is 5.73 Å². The van der Waals surface area contributed by atoms with E-state index in [1.165, 1.54) is 0 Å². The maximum Gasteiger partial charge on any atom is 0.110 e. The monoisotopic (exact) mass is 181 g/mol. The Morgan fingerprint density at radius 1 is 1.46 bits per heavy atom. The molecule has 13 heavy (non-hydrogen) atoms. The number of imidazole rings is 1. The Hall–Kier alpha value is -0.830. The molecule has 2 N–H and O–H groups in total.